The summed E-state index contributed by atoms with van der Waals surface area (Å²) in [6, 6.07) is -0.145. The molecule has 1 aromatic rings. The molecule has 6 nitrogen and oxygen atoms in total. The van der Waals surface area contributed by atoms with Gasteiger partial charge in [0.25, 0.3) is 0 Å². The maximum absolute atomic E-state index is 11.4. The lowest BCUT2D eigenvalue weighted by molar-refractivity contribution is -0.122. The van der Waals surface area contributed by atoms with Gasteiger partial charge in [0.1, 0.15) is 0 Å². The number of aryl methyl sites for hydroxylation is 1. The van der Waals surface area contributed by atoms with Crippen LogP contribution in [0, 0.1) is 0 Å². The Hall–Kier alpha value is -1.43. The molecule has 15 heavy (non-hydrogen) atoms. The van der Waals surface area contributed by atoms with E-state index in [1.54, 1.807) is 17.1 Å². The van der Waals surface area contributed by atoms with Crippen molar-refractivity contribution < 1.29 is 9.90 Å². The number of rotatable bonds is 6. The molecule has 1 heterocycles. The third-order valence-electron chi connectivity index (χ3n) is 2.12. The minimum absolute atomic E-state index is 0.0223. The highest BCUT2D eigenvalue weighted by Gasteiger charge is 2.08. The van der Waals surface area contributed by atoms with E-state index in [1.807, 2.05) is 6.92 Å². The quantitative estimate of drug-likeness (QED) is 0.669. The van der Waals surface area contributed by atoms with E-state index in [0.717, 1.165) is 6.42 Å². The summed E-state index contributed by atoms with van der Waals surface area (Å²) in [5.41, 5.74) is 0. The predicted molar refractivity (Wildman–Crippen MR) is 53.9 cm³/mol. The number of carbonyl (C=O) groups excluding carboxylic acids is 1. The van der Waals surface area contributed by atoms with Gasteiger partial charge in [-0.1, -0.05) is 12.1 Å². The topological polar surface area (TPSA) is 80.0 Å². The largest absolute Gasteiger partial charge is 0.394 e. The van der Waals surface area contributed by atoms with Crippen LogP contribution in [-0.4, -0.2) is 38.7 Å². The van der Waals surface area contributed by atoms with Gasteiger partial charge in [-0.15, -0.1) is 5.10 Å². The summed E-state index contributed by atoms with van der Waals surface area (Å²) in [6.07, 6.45) is 4.35. The van der Waals surface area contributed by atoms with Crippen LogP contribution in [0.1, 0.15) is 19.8 Å². The number of hydrogen-bond acceptors (Lipinski definition) is 4. The molecule has 1 rings (SSSR count). The molecule has 2 N–H and O–H groups in total. The van der Waals surface area contributed by atoms with E-state index in [2.05, 4.69) is 15.6 Å². The van der Waals surface area contributed by atoms with E-state index in [1.165, 1.54) is 0 Å². The maximum atomic E-state index is 11.4. The van der Waals surface area contributed by atoms with Gasteiger partial charge < -0.3 is 10.4 Å². The second-order valence-corrected chi connectivity index (χ2v) is 3.27. The second-order valence-electron chi connectivity index (χ2n) is 3.27. The van der Waals surface area contributed by atoms with Crippen molar-refractivity contribution in [3.05, 3.63) is 12.4 Å². The molecule has 0 radical (unpaired) electrons. The predicted octanol–water partition coefficient (Wildman–Crippen LogP) is -0.445. The lowest BCUT2D eigenvalue weighted by Crippen LogP contribution is -2.37. The van der Waals surface area contributed by atoms with Gasteiger partial charge in [0.15, 0.2) is 0 Å². The summed E-state index contributed by atoms with van der Waals surface area (Å²) in [5.74, 6) is -0.0774. The minimum atomic E-state index is -0.145. The average Bonchev–Trinajstić information content (AvgIpc) is 2.75. The zero-order chi connectivity index (χ0) is 11.1. The number of aliphatic hydroxyl groups excluding tert-OH is 1. The van der Waals surface area contributed by atoms with Crippen molar-refractivity contribution in [3.63, 3.8) is 0 Å². The number of aliphatic hydroxyl groups is 1. The molecule has 0 saturated carbocycles. The number of nitrogens with one attached hydrogen (secondary N) is 1. The van der Waals surface area contributed by atoms with Crippen molar-refractivity contribution in [3.8, 4) is 0 Å². The summed E-state index contributed by atoms with van der Waals surface area (Å²) in [5, 5.41) is 19.0. The summed E-state index contributed by atoms with van der Waals surface area (Å²) in [4.78, 5) is 11.4. The van der Waals surface area contributed by atoms with Gasteiger partial charge in [0.2, 0.25) is 5.91 Å². The summed E-state index contributed by atoms with van der Waals surface area (Å²) >= 11 is 0. The molecule has 0 unspecified atom stereocenters. The third-order valence-corrected chi connectivity index (χ3v) is 2.12. The van der Waals surface area contributed by atoms with Gasteiger partial charge in [0.05, 0.1) is 25.4 Å². The summed E-state index contributed by atoms with van der Waals surface area (Å²) in [7, 11) is 0. The Bertz CT molecular complexity index is 282. The molecule has 1 aromatic heterocycles. The van der Waals surface area contributed by atoms with E-state index in [4.69, 9.17) is 5.11 Å². The molecule has 1 amide bonds. The number of aromatic nitrogens is 3. The molecule has 0 aliphatic rings. The van der Waals surface area contributed by atoms with Crippen LogP contribution in [0.15, 0.2) is 12.4 Å². The lowest BCUT2D eigenvalue weighted by Gasteiger charge is -2.13. The first-order chi connectivity index (χ1) is 7.26. The third kappa shape index (κ3) is 4.07. The standard InChI is InChI=1S/C9H16N4O2/c1-2-8(7-14)11-9(15)3-5-13-6-4-10-12-13/h4,6,8,14H,2-3,5,7H2,1H3,(H,11,15)/t8-/m0/s1. The van der Waals surface area contributed by atoms with Crippen LogP contribution in [-0.2, 0) is 11.3 Å². The highest BCUT2D eigenvalue weighted by atomic mass is 16.3. The molecular weight excluding hydrogens is 196 g/mol. The van der Waals surface area contributed by atoms with Crippen molar-refractivity contribution in [1.29, 1.82) is 0 Å². The van der Waals surface area contributed by atoms with E-state index < -0.39 is 0 Å². The van der Waals surface area contributed by atoms with E-state index in [-0.39, 0.29) is 18.6 Å². The molecule has 0 bridgehead atoms. The molecule has 84 valence electrons. The Labute approximate surface area is 88.3 Å². The van der Waals surface area contributed by atoms with Crippen LogP contribution in [0.25, 0.3) is 0 Å². The number of hydrogen-bond donors (Lipinski definition) is 2. The van der Waals surface area contributed by atoms with Gasteiger partial charge in [-0.3, -0.25) is 9.48 Å². The van der Waals surface area contributed by atoms with E-state index in [0.29, 0.717) is 13.0 Å². The fourth-order valence-electron chi connectivity index (χ4n) is 1.14. The number of amides is 1. The molecule has 6 heteroatoms. The first-order valence-corrected chi connectivity index (χ1v) is 5.00. The van der Waals surface area contributed by atoms with Gasteiger partial charge in [-0.25, -0.2) is 0 Å². The van der Waals surface area contributed by atoms with E-state index in [9.17, 15) is 4.79 Å². The second kappa shape index (κ2) is 6.13. The van der Waals surface area contributed by atoms with Gasteiger partial charge in [-0.05, 0) is 6.42 Å². The zero-order valence-electron chi connectivity index (χ0n) is 8.76. The zero-order valence-corrected chi connectivity index (χ0v) is 8.76. The Morgan fingerprint density at radius 3 is 3.00 bits per heavy atom. The molecule has 0 aromatic carbocycles. The van der Waals surface area contributed by atoms with Crippen molar-refractivity contribution in [2.45, 2.75) is 32.4 Å². The summed E-state index contributed by atoms with van der Waals surface area (Å²) in [6.45, 7) is 2.40. The smallest absolute Gasteiger partial charge is 0.222 e. The maximum Gasteiger partial charge on any atom is 0.222 e. The lowest BCUT2D eigenvalue weighted by atomic mass is 10.2. The SMILES string of the molecule is CC[C@@H](CO)NC(=O)CCn1ccnn1. The van der Waals surface area contributed by atoms with Crippen LogP contribution < -0.4 is 5.32 Å². The normalized spacial score (nSPS) is 12.4. The van der Waals surface area contributed by atoms with E-state index >= 15 is 0 Å². The molecule has 0 fully saturated rings. The first kappa shape index (κ1) is 11.6. The minimum Gasteiger partial charge on any atom is -0.394 e. The van der Waals surface area contributed by atoms with Crippen LogP contribution in [0.5, 0.6) is 0 Å². The molecule has 0 aliphatic carbocycles. The van der Waals surface area contributed by atoms with Crippen molar-refractivity contribution >= 4 is 5.91 Å². The fourth-order valence-corrected chi connectivity index (χ4v) is 1.14. The van der Waals surface area contributed by atoms with Gasteiger partial charge in [0, 0.05) is 12.6 Å². The first-order valence-electron chi connectivity index (χ1n) is 5.00. The van der Waals surface area contributed by atoms with Crippen molar-refractivity contribution in [2.24, 2.45) is 0 Å². The monoisotopic (exact) mass is 212 g/mol. The molecule has 0 aliphatic heterocycles. The van der Waals surface area contributed by atoms with Gasteiger partial charge >= 0.3 is 0 Å². The molecule has 1 atom stereocenters. The Balaban J connectivity index is 2.24. The number of nitrogens with zero attached hydrogens (tertiary/aromatic N) is 3. The highest BCUT2D eigenvalue weighted by Crippen LogP contribution is 1.92. The molecule has 0 saturated heterocycles. The number of carbonyl (C=O) groups is 1. The average molecular weight is 212 g/mol. The Morgan fingerprint density at radius 1 is 1.67 bits per heavy atom. The fraction of sp³-hybridized carbons (Fsp3) is 0.667. The Kier molecular flexibility index (Phi) is 4.76. The van der Waals surface area contributed by atoms with Gasteiger partial charge in [-0.2, -0.15) is 0 Å². The highest BCUT2D eigenvalue weighted by molar-refractivity contribution is 5.76. The van der Waals surface area contributed by atoms with Crippen LogP contribution in [0.3, 0.4) is 0 Å². The summed E-state index contributed by atoms with van der Waals surface area (Å²) < 4.78 is 1.60. The molecule has 0 spiro atoms. The van der Waals surface area contributed by atoms with Crippen molar-refractivity contribution in [1.82, 2.24) is 20.3 Å². The Morgan fingerprint density at radius 2 is 2.47 bits per heavy atom. The van der Waals surface area contributed by atoms with Crippen LogP contribution >= 0.6 is 0 Å². The molecular formula is C9H16N4O2. The van der Waals surface area contributed by atoms with Crippen molar-refractivity contribution in [2.75, 3.05) is 6.61 Å². The van der Waals surface area contributed by atoms with Crippen LogP contribution in [0.2, 0.25) is 0 Å². The van der Waals surface area contributed by atoms with Crippen LogP contribution in [0.4, 0.5) is 0 Å².